The molecular formula is C21H22N10O. The van der Waals surface area contributed by atoms with E-state index < -0.39 is 0 Å². The largest absolute Gasteiger partial charge is 0.368 e. The summed E-state index contributed by atoms with van der Waals surface area (Å²) >= 11 is 0. The van der Waals surface area contributed by atoms with Gasteiger partial charge in [0.1, 0.15) is 12.4 Å². The number of nitrogens with zero attached hydrogens (tertiary/aromatic N) is 6. The quantitative estimate of drug-likeness (QED) is 0.324. The molecule has 5 N–H and O–H groups in total. The lowest BCUT2D eigenvalue weighted by atomic mass is 10.2. The zero-order chi connectivity index (χ0) is 22.2. The third-order valence-electron chi connectivity index (χ3n) is 5.11. The van der Waals surface area contributed by atoms with Gasteiger partial charge in [-0.2, -0.15) is 15.1 Å². The maximum Gasteiger partial charge on any atom is 0.245 e. The number of H-pyrrole nitrogens is 1. The number of aryl methyl sites for hydroxylation is 2. The lowest BCUT2D eigenvalue weighted by molar-refractivity contribution is -0.116. The molecule has 162 valence electrons. The SMILES string of the molecule is CCn1nc(C)cc1NC(=O)Cn1cnc2c(Nc3cccc4[nH]ccc34)nc(N)nc21. The maximum absolute atomic E-state index is 12.7. The van der Waals surface area contributed by atoms with E-state index in [0.29, 0.717) is 29.3 Å². The minimum absolute atomic E-state index is 0.0216. The van der Waals surface area contributed by atoms with Crippen molar-refractivity contribution in [2.45, 2.75) is 26.9 Å². The van der Waals surface area contributed by atoms with Crippen LogP contribution in [0.3, 0.4) is 0 Å². The molecule has 11 nitrogen and oxygen atoms in total. The molecule has 1 amide bonds. The van der Waals surface area contributed by atoms with Crippen molar-refractivity contribution in [1.82, 2.24) is 34.3 Å². The van der Waals surface area contributed by atoms with Crippen LogP contribution in [-0.4, -0.2) is 40.2 Å². The van der Waals surface area contributed by atoms with Crippen LogP contribution in [0.5, 0.6) is 0 Å². The number of nitrogen functional groups attached to an aromatic ring is 1. The number of rotatable bonds is 6. The second-order valence-corrected chi connectivity index (χ2v) is 7.38. The van der Waals surface area contributed by atoms with Gasteiger partial charge in [-0.3, -0.25) is 4.79 Å². The third kappa shape index (κ3) is 3.49. The summed E-state index contributed by atoms with van der Waals surface area (Å²) in [5.74, 6) is 0.987. The van der Waals surface area contributed by atoms with Gasteiger partial charge in [0.05, 0.1) is 12.0 Å². The molecule has 4 aromatic heterocycles. The molecule has 0 saturated heterocycles. The molecule has 4 heterocycles. The minimum Gasteiger partial charge on any atom is -0.368 e. The Kier molecular flexibility index (Phi) is 4.70. The molecule has 5 aromatic rings. The van der Waals surface area contributed by atoms with Crippen LogP contribution in [0.4, 0.5) is 23.3 Å². The third-order valence-corrected chi connectivity index (χ3v) is 5.11. The van der Waals surface area contributed by atoms with Gasteiger partial charge in [-0.1, -0.05) is 6.07 Å². The molecule has 0 radical (unpaired) electrons. The van der Waals surface area contributed by atoms with Gasteiger partial charge < -0.3 is 25.9 Å². The number of aromatic amines is 1. The highest BCUT2D eigenvalue weighted by Gasteiger charge is 2.16. The van der Waals surface area contributed by atoms with E-state index in [-0.39, 0.29) is 18.4 Å². The van der Waals surface area contributed by atoms with E-state index in [1.54, 1.807) is 15.6 Å². The van der Waals surface area contributed by atoms with Crippen molar-refractivity contribution in [1.29, 1.82) is 0 Å². The number of hydrogen-bond donors (Lipinski definition) is 4. The first-order valence-corrected chi connectivity index (χ1v) is 10.2. The van der Waals surface area contributed by atoms with Crippen LogP contribution < -0.4 is 16.4 Å². The Bertz CT molecular complexity index is 1440. The molecule has 0 aliphatic carbocycles. The Morgan fingerprint density at radius 3 is 2.97 bits per heavy atom. The average Bonchev–Trinajstić information content (AvgIpc) is 3.47. The fraction of sp³-hybridized carbons (Fsp3) is 0.190. The number of benzene rings is 1. The summed E-state index contributed by atoms with van der Waals surface area (Å²) in [6.45, 7) is 4.53. The molecule has 0 unspecified atom stereocenters. The number of hydrogen-bond acceptors (Lipinski definition) is 7. The van der Waals surface area contributed by atoms with E-state index in [1.165, 1.54) is 0 Å². The minimum atomic E-state index is -0.220. The van der Waals surface area contributed by atoms with E-state index in [1.807, 2.05) is 50.4 Å². The highest BCUT2D eigenvalue weighted by molar-refractivity contribution is 5.97. The predicted octanol–water partition coefficient (Wildman–Crippen LogP) is 2.80. The summed E-state index contributed by atoms with van der Waals surface area (Å²) in [5, 5.41) is 11.6. The van der Waals surface area contributed by atoms with E-state index >= 15 is 0 Å². The lowest BCUT2D eigenvalue weighted by Crippen LogP contribution is -2.20. The summed E-state index contributed by atoms with van der Waals surface area (Å²) in [5.41, 5.74) is 9.66. The Balaban J connectivity index is 1.44. The van der Waals surface area contributed by atoms with Gasteiger partial charge in [0.25, 0.3) is 0 Å². The van der Waals surface area contributed by atoms with Crippen LogP contribution in [0, 0.1) is 6.92 Å². The summed E-state index contributed by atoms with van der Waals surface area (Å²) in [6, 6.07) is 9.68. The molecule has 0 aliphatic rings. The number of fused-ring (bicyclic) bond motifs is 2. The van der Waals surface area contributed by atoms with E-state index in [2.05, 4.69) is 35.7 Å². The smallest absolute Gasteiger partial charge is 0.245 e. The molecule has 0 spiro atoms. The van der Waals surface area contributed by atoms with Gasteiger partial charge in [0.15, 0.2) is 17.0 Å². The lowest BCUT2D eigenvalue weighted by Gasteiger charge is -2.10. The van der Waals surface area contributed by atoms with Gasteiger partial charge in [0.2, 0.25) is 11.9 Å². The highest BCUT2D eigenvalue weighted by atomic mass is 16.2. The van der Waals surface area contributed by atoms with E-state index in [4.69, 9.17) is 5.73 Å². The zero-order valence-corrected chi connectivity index (χ0v) is 17.6. The van der Waals surface area contributed by atoms with Crippen molar-refractivity contribution < 1.29 is 4.79 Å². The van der Waals surface area contributed by atoms with E-state index in [9.17, 15) is 4.79 Å². The van der Waals surface area contributed by atoms with E-state index in [0.717, 1.165) is 22.3 Å². The Hall–Kier alpha value is -4.41. The number of anilines is 4. The number of imidazole rings is 1. The van der Waals surface area contributed by atoms with Crippen molar-refractivity contribution in [2.24, 2.45) is 0 Å². The number of amides is 1. The zero-order valence-electron chi connectivity index (χ0n) is 17.6. The second kappa shape index (κ2) is 7.69. The molecule has 0 atom stereocenters. The van der Waals surface area contributed by atoms with Crippen LogP contribution in [0.1, 0.15) is 12.6 Å². The van der Waals surface area contributed by atoms with Crippen LogP contribution in [0.25, 0.3) is 22.1 Å². The van der Waals surface area contributed by atoms with Crippen molar-refractivity contribution in [2.75, 3.05) is 16.4 Å². The average molecular weight is 430 g/mol. The van der Waals surface area contributed by atoms with Crippen molar-refractivity contribution >= 4 is 51.2 Å². The Morgan fingerprint density at radius 1 is 1.25 bits per heavy atom. The standard InChI is InChI=1S/C21H22N10O/c1-3-31-16(9-12(2)29-31)26-17(32)10-30-11-24-18-19(27-21(22)28-20(18)30)25-15-6-4-5-14-13(15)7-8-23-14/h4-9,11,23H,3,10H2,1-2H3,(H,26,32)(H3,22,25,27,28). The summed E-state index contributed by atoms with van der Waals surface area (Å²) in [6.07, 6.45) is 3.43. The van der Waals surface area contributed by atoms with Gasteiger partial charge in [-0.05, 0) is 32.0 Å². The Morgan fingerprint density at radius 2 is 2.12 bits per heavy atom. The molecule has 0 bridgehead atoms. The fourth-order valence-corrected chi connectivity index (χ4v) is 3.71. The number of carbonyl (C=O) groups excluding carboxylic acids is 1. The molecular weight excluding hydrogens is 408 g/mol. The Labute approximate surface area is 182 Å². The first-order valence-electron chi connectivity index (χ1n) is 10.2. The summed E-state index contributed by atoms with van der Waals surface area (Å²) < 4.78 is 3.38. The molecule has 1 aromatic carbocycles. The maximum atomic E-state index is 12.7. The first kappa shape index (κ1) is 19.5. The first-order chi connectivity index (χ1) is 15.5. The van der Waals surface area contributed by atoms with Crippen LogP contribution in [0.15, 0.2) is 42.9 Å². The van der Waals surface area contributed by atoms with Gasteiger partial charge in [-0.15, -0.1) is 0 Å². The number of nitrogens with one attached hydrogen (secondary N) is 3. The molecule has 32 heavy (non-hydrogen) atoms. The van der Waals surface area contributed by atoms with Gasteiger partial charge >= 0.3 is 0 Å². The highest BCUT2D eigenvalue weighted by Crippen LogP contribution is 2.28. The van der Waals surface area contributed by atoms with Crippen LogP contribution in [-0.2, 0) is 17.9 Å². The molecule has 0 fully saturated rings. The normalized spacial score (nSPS) is 11.3. The molecule has 5 rings (SSSR count). The van der Waals surface area contributed by atoms with Crippen LogP contribution >= 0.6 is 0 Å². The summed E-state index contributed by atoms with van der Waals surface area (Å²) in [4.78, 5) is 28.9. The van der Waals surface area contributed by atoms with Gasteiger partial charge in [0, 0.05) is 35.4 Å². The second-order valence-electron chi connectivity index (χ2n) is 7.38. The number of aromatic nitrogens is 7. The number of nitrogens with two attached hydrogens (primary N) is 1. The molecule has 0 saturated carbocycles. The van der Waals surface area contributed by atoms with Crippen molar-refractivity contribution in [3.05, 3.63) is 48.5 Å². The van der Waals surface area contributed by atoms with Crippen molar-refractivity contribution in [3.8, 4) is 0 Å². The van der Waals surface area contributed by atoms with Crippen molar-refractivity contribution in [3.63, 3.8) is 0 Å². The monoisotopic (exact) mass is 430 g/mol. The molecule has 0 aliphatic heterocycles. The fourth-order valence-electron chi connectivity index (χ4n) is 3.71. The number of carbonyl (C=O) groups is 1. The van der Waals surface area contributed by atoms with Gasteiger partial charge in [-0.25, -0.2) is 9.67 Å². The topological polar surface area (TPSA) is 144 Å². The predicted molar refractivity (Wildman–Crippen MR) is 123 cm³/mol. The van der Waals surface area contributed by atoms with Crippen LogP contribution in [0.2, 0.25) is 0 Å². The molecule has 11 heteroatoms. The summed E-state index contributed by atoms with van der Waals surface area (Å²) in [7, 11) is 0.